The van der Waals surface area contributed by atoms with E-state index >= 15 is 0 Å². The molecule has 3 rings (SSSR count). The Kier molecular flexibility index (Phi) is 2.80. The molecule has 0 unspecified atom stereocenters. The number of benzene rings is 2. The van der Waals surface area contributed by atoms with Crippen LogP contribution >= 0.6 is 0 Å². The fourth-order valence-corrected chi connectivity index (χ4v) is 2.09. The van der Waals surface area contributed by atoms with Crippen LogP contribution < -0.4 is 5.32 Å². The molecule has 3 heteroatoms. The Balaban J connectivity index is 1.85. The van der Waals surface area contributed by atoms with E-state index < -0.39 is 0 Å². The SMILES string of the molecule is CC(=O)c1ccc(Nc2ccc3[nH]ccc3c2)cc1. The Hall–Kier alpha value is -2.55. The molecular weight excluding hydrogens is 236 g/mol. The molecule has 19 heavy (non-hydrogen) atoms. The van der Waals surface area contributed by atoms with Gasteiger partial charge in [0, 0.05) is 34.0 Å². The first kappa shape index (κ1) is 11.5. The number of aromatic amines is 1. The molecule has 3 aromatic rings. The van der Waals surface area contributed by atoms with Gasteiger partial charge in [0.1, 0.15) is 0 Å². The maximum atomic E-state index is 11.2. The second-order valence-corrected chi connectivity index (χ2v) is 4.54. The lowest BCUT2D eigenvalue weighted by molar-refractivity contribution is 0.101. The van der Waals surface area contributed by atoms with Crippen molar-refractivity contribution in [2.75, 3.05) is 5.32 Å². The van der Waals surface area contributed by atoms with Crippen LogP contribution in [0.2, 0.25) is 0 Å². The first-order valence-electron chi connectivity index (χ1n) is 6.17. The van der Waals surface area contributed by atoms with Crippen LogP contribution in [-0.2, 0) is 0 Å². The molecule has 1 aromatic heterocycles. The maximum absolute atomic E-state index is 11.2. The average Bonchev–Trinajstić information content (AvgIpc) is 2.87. The molecule has 0 aliphatic rings. The van der Waals surface area contributed by atoms with Gasteiger partial charge in [-0.05, 0) is 55.5 Å². The molecule has 2 aromatic carbocycles. The number of Topliss-reactive ketones (excluding diaryl/α,β-unsaturated/α-hetero) is 1. The molecule has 94 valence electrons. The summed E-state index contributed by atoms with van der Waals surface area (Å²) < 4.78 is 0. The Morgan fingerprint density at radius 1 is 1.00 bits per heavy atom. The number of carbonyl (C=O) groups is 1. The summed E-state index contributed by atoms with van der Waals surface area (Å²) >= 11 is 0. The molecule has 0 bridgehead atoms. The summed E-state index contributed by atoms with van der Waals surface area (Å²) in [6.07, 6.45) is 1.93. The van der Waals surface area contributed by atoms with E-state index in [1.807, 2.05) is 48.7 Å². The van der Waals surface area contributed by atoms with Crippen molar-refractivity contribution in [3.05, 3.63) is 60.3 Å². The summed E-state index contributed by atoms with van der Waals surface area (Å²) in [4.78, 5) is 14.4. The summed E-state index contributed by atoms with van der Waals surface area (Å²) in [6, 6.07) is 15.7. The molecule has 0 fully saturated rings. The third-order valence-corrected chi connectivity index (χ3v) is 3.13. The second-order valence-electron chi connectivity index (χ2n) is 4.54. The van der Waals surface area contributed by atoms with Crippen LogP contribution in [0.4, 0.5) is 11.4 Å². The number of H-pyrrole nitrogens is 1. The predicted molar refractivity (Wildman–Crippen MR) is 78.0 cm³/mol. The quantitative estimate of drug-likeness (QED) is 0.687. The van der Waals surface area contributed by atoms with E-state index in [0.29, 0.717) is 0 Å². The van der Waals surface area contributed by atoms with Gasteiger partial charge < -0.3 is 10.3 Å². The zero-order valence-corrected chi connectivity index (χ0v) is 10.6. The van der Waals surface area contributed by atoms with Gasteiger partial charge >= 0.3 is 0 Å². The van der Waals surface area contributed by atoms with Gasteiger partial charge in [0.2, 0.25) is 0 Å². The van der Waals surface area contributed by atoms with E-state index in [-0.39, 0.29) is 5.78 Å². The Labute approximate surface area is 111 Å². The number of hydrogen-bond donors (Lipinski definition) is 2. The first-order chi connectivity index (χ1) is 9.22. The smallest absolute Gasteiger partial charge is 0.159 e. The summed E-state index contributed by atoms with van der Waals surface area (Å²) in [5.41, 5.74) is 3.85. The highest BCUT2D eigenvalue weighted by Gasteiger charge is 2.00. The fraction of sp³-hybridized carbons (Fsp3) is 0.0625. The van der Waals surface area contributed by atoms with E-state index in [1.165, 1.54) is 5.39 Å². The van der Waals surface area contributed by atoms with Crippen molar-refractivity contribution >= 4 is 28.1 Å². The standard InChI is InChI=1S/C16H14N2O/c1-11(19)12-2-4-14(5-3-12)18-15-6-7-16-13(10-15)8-9-17-16/h2-10,17-18H,1H3. The molecule has 0 saturated carbocycles. The highest BCUT2D eigenvalue weighted by atomic mass is 16.1. The molecule has 3 nitrogen and oxygen atoms in total. The van der Waals surface area contributed by atoms with Gasteiger partial charge in [0.25, 0.3) is 0 Å². The molecule has 0 atom stereocenters. The van der Waals surface area contributed by atoms with Crippen LogP contribution in [0.25, 0.3) is 10.9 Å². The lowest BCUT2D eigenvalue weighted by Crippen LogP contribution is -1.93. The minimum Gasteiger partial charge on any atom is -0.361 e. The lowest BCUT2D eigenvalue weighted by atomic mass is 10.1. The van der Waals surface area contributed by atoms with Crippen LogP contribution in [0.3, 0.4) is 0 Å². The molecule has 0 spiro atoms. The topological polar surface area (TPSA) is 44.9 Å². The van der Waals surface area contributed by atoms with Gasteiger partial charge in [-0.25, -0.2) is 0 Å². The van der Waals surface area contributed by atoms with Crippen molar-refractivity contribution in [2.24, 2.45) is 0 Å². The van der Waals surface area contributed by atoms with E-state index in [0.717, 1.165) is 22.5 Å². The molecule has 0 saturated heterocycles. The van der Waals surface area contributed by atoms with Gasteiger partial charge in [-0.15, -0.1) is 0 Å². The Morgan fingerprint density at radius 3 is 2.47 bits per heavy atom. The summed E-state index contributed by atoms with van der Waals surface area (Å²) in [6.45, 7) is 1.57. The van der Waals surface area contributed by atoms with Gasteiger partial charge in [0.15, 0.2) is 5.78 Å². The minimum atomic E-state index is 0.0836. The lowest BCUT2D eigenvalue weighted by Gasteiger charge is -2.07. The number of nitrogens with one attached hydrogen (secondary N) is 2. The molecular formula is C16H14N2O. The van der Waals surface area contributed by atoms with Crippen molar-refractivity contribution in [2.45, 2.75) is 6.92 Å². The minimum absolute atomic E-state index is 0.0836. The zero-order valence-electron chi connectivity index (χ0n) is 10.6. The highest BCUT2D eigenvalue weighted by molar-refractivity contribution is 5.94. The van der Waals surface area contributed by atoms with Crippen LogP contribution in [0.5, 0.6) is 0 Å². The molecule has 1 heterocycles. The van der Waals surface area contributed by atoms with E-state index in [2.05, 4.69) is 16.4 Å². The van der Waals surface area contributed by atoms with Gasteiger partial charge in [-0.3, -0.25) is 4.79 Å². The number of rotatable bonds is 3. The fourth-order valence-electron chi connectivity index (χ4n) is 2.09. The predicted octanol–water partition coefficient (Wildman–Crippen LogP) is 4.11. The maximum Gasteiger partial charge on any atom is 0.159 e. The molecule has 2 N–H and O–H groups in total. The normalized spacial score (nSPS) is 10.6. The van der Waals surface area contributed by atoms with Crippen molar-refractivity contribution in [1.29, 1.82) is 0 Å². The molecule has 0 aliphatic heterocycles. The number of aromatic nitrogens is 1. The molecule has 0 radical (unpaired) electrons. The third-order valence-electron chi connectivity index (χ3n) is 3.13. The largest absolute Gasteiger partial charge is 0.361 e. The van der Waals surface area contributed by atoms with Gasteiger partial charge in [0.05, 0.1) is 0 Å². The van der Waals surface area contributed by atoms with Gasteiger partial charge in [-0.2, -0.15) is 0 Å². The van der Waals surface area contributed by atoms with Gasteiger partial charge in [-0.1, -0.05) is 0 Å². The van der Waals surface area contributed by atoms with E-state index in [1.54, 1.807) is 6.92 Å². The summed E-state index contributed by atoms with van der Waals surface area (Å²) in [5, 5.41) is 4.50. The van der Waals surface area contributed by atoms with Crippen molar-refractivity contribution < 1.29 is 4.79 Å². The van der Waals surface area contributed by atoms with E-state index in [4.69, 9.17) is 0 Å². The summed E-state index contributed by atoms with van der Waals surface area (Å²) in [7, 11) is 0. The van der Waals surface area contributed by atoms with Crippen LogP contribution in [0, 0.1) is 0 Å². The van der Waals surface area contributed by atoms with E-state index in [9.17, 15) is 4.79 Å². The van der Waals surface area contributed by atoms with Crippen molar-refractivity contribution in [3.8, 4) is 0 Å². The average molecular weight is 250 g/mol. The molecule has 0 aliphatic carbocycles. The van der Waals surface area contributed by atoms with Crippen molar-refractivity contribution in [3.63, 3.8) is 0 Å². The van der Waals surface area contributed by atoms with Crippen LogP contribution in [-0.4, -0.2) is 10.8 Å². The molecule has 0 amide bonds. The monoisotopic (exact) mass is 250 g/mol. The Morgan fingerprint density at radius 2 is 1.74 bits per heavy atom. The number of anilines is 2. The number of hydrogen-bond acceptors (Lipinski definition) is 2. The first-order valence-corrected chi connectivity index (χ1v) is 6.17. The number of ketones is 1. The third kappa shape index (κ3) is 2.36. The van der Waals surface area contributed by atoms with Crippen LogP contribution in [0.15, 0.2) is 54.7 Å². The van der Waals surface area contributed by atoms with Crippen molar-refractivity contribution in [1.82, 2.24) is 4.98 Å². The second kappa shape index (κ2) is 4.61. The number of carbonyl (C=O) groups excluding carboxylic acids is 1. The van der Waals surface area contributed by atoms with Crippen LogP contribution in [0.1, 0.15) is 17.3 Å². The highest BCUT2D eigenvalue weighted by Crippen LogP contribution is 2.21. The summed E-state index contributed by atoms with van der Waals surface area (Å²) in [5.74, 6) is 0.0836. The zero-order chi connectivity index (χ0) is 13.2. The number of fused-ring (bicyclic) bond motifs is 1. The Bertz CT molecular complexity index is 726.